The van der Waals surface area contributed by atoms with Crippen molar-refractivity contribution in [3.8, 4) is 0 Å². The Hall–Kier alpha value is -2.52. The van der Waals surface area contributed by atoms with Crippen LogP contribution < -0.4 is 10.3 Å². The summed E-state index contributed by atoms with van der Waals surface area (Å²) in [6.45, 7) is 4.92. The van der Waals surface area contributed by atoms with E-state index in [2.05, 4.69) is 17.0 Å². The van der Waals surface area contributed by atoms with Crippen LogP contribution in [0.3, 0.4) is 0 Å². The van der Waals surface area contributed by atoms with E-state index in [0.29, 0.717) is 5.71 Å². The number of rotatable bonds is 4. The lowest BCUT2D eigenvalue weighted by atomic mass is 10.2. The van der Waals surface area contributed by atoms with Gasteiger partial charge in [0.05, 0.1) is 17.8 Å². The predicted molar refractivity (Wildman–Crippen MR) is 80.3 cm³/mol. The van der Waals surface area contributed by atoms with Crippen molar-refractivity contribution < 1.29 is 22.6 Å². The molecule has 2 N–H and O–H groups in total. The molecule has 1 aromatic rings. The molecule has 0 fully saturated rings. The van der Waals surface area contributed by atoms with Gasteiger partial charge in [0.1, 0.15) is 4.90 Å². The molecule has 0 saturated heterocycles. The summed E-state index contributed by atoms with van der Waals surface area (Å²) in [4.78, 5) is 22.5. The normalized spacial score (nSPS) is 14.7. The number of hydrazone groups is 1. The Kier molecular flexibility index (Phi) is 4.11. The molecular formula is C13H13N3O5S. The van der Waals surface area contributed by atoms with Gasteiger partial charge in [0.25, 0.3) is 16.0 Å². The summed E-state index contributed by atoms with van der Waals surface area (Å²) in [5.74, 6) is -0.953. The van der Waals surface area contributed by atoms with Gasteiger partial charge < -0.3 is 5.32 Å². The molecule has 0 aromatic heterocycles. The summed E-state index contributed by atoms with van der Waals surface area (Å²) in [5, 5.41) is 7.30. The SMILES string of the molecule is C=CC(=O)Nc1ccc(N2N=C(C)CC2=O)cc1S(=O)(=O)O. The van der Waals surface area contributed by atoms with Gasteiger partial charge in [-0.2, -0.15) is 13.5 Å². The highest BCUT2D eigenvalue weighted by Gasteiger charge is 2.25. The Bertz CT molecular complexity index is 798. The summed E-state index contributed by atoms with van der Waals surface area (Å²) in [5.41, 5.74) is 0.636. The van der Waals surface area contributed by atoms with E-state index in [1.807, 2.05) is 0 Å². The number of hydrogen-bond donors (Lipinski definition) is 2. The first-order valence-electron chi connectivity index (χ1n) is 6.14. The van der Waals surface area contributed by atoms with E-state index >= 15 is 0 Å². The number of hydrogen-bond acceptors (Lipinski definition) is 5. The van der Waals surface area contributed by atoms with Crippen molar-refractivity contribution in [2.75, 3.05) is 10.3 Å². The molecule has 0 atom stereocenters. The molecule has 0 spiro atoms. The van der Waals surface area contributed by atoms with Crippen LogP contribution in [-0.2, 0) is 19.7 Å². The lowest BCUT2D eigenvalue weighted by Crippen LogP contribution is -2.20. The lowest BCUT2D eigenvalue weighted by molar-refractivity contribution is -0.117. The molecule has 0 bridgehead atoms. The monoisotopic (exact) mass is 323 g/mol. The minimum absolute atomic E-state index is 0.122. The molecule has 0 saturated carbocycles. The summed E-state index contributed by atoms with van der Waals surface area (Å²) in [7, 11) is -4.61. The molecule has 1 aliphatic heterocycles. The quantitative estimate of drug-likeness (QED) is 0.637. The predicted octanol–water partition coefficient (Wildman–Crippen LogP) is 1.17. The van der Waals surface area contributed by atoms with Gasteiger partial charge in [-0.15, -0.1) is 0 Å². The van der Waals surface area contributed by atoms with Crippen molar-refractivity contribution in [1.82, 2.24) is 0 Å². The number of anilines is 2. The van der Waals surface area contributed by atoms with Crippen molar-refractivity contribution in [1.29, 1.82) is 0 Å². The first-order chi connectivity index (χ1) is 10.2. The van der Waals surface area contributed by atoms with Gasteiger partial charge in [0.15, 0.2) is 0 Å². The first kappa shape index (κ1) is 15.9. The van der Waals surface area contributed by atoms with Crippen molar-refractivity contribution >= 4 is 39.0 Å². The van der Waals surface area contributed by atoms with Gasteiger partial charge in [-0.25, -0.2) is 5.01 Å². The van der Waals surface area contributed by atoms with Crippen LogP contribution >= 0.6 is 0 Å². The highest BCUT2D eigenvalue weighted by Crippen LogP contribution is 2.29. The fourth-order valence-electron chi connectivity index (χ4n) is 1.90. The topological polar surface area (TPSA) is 116 Å². The summed E-state index contributed by atoms with van der Waals surface area (Å²) in [6.07, 6.45) is 1.09. The minimum atomic E-state index is -4.61. The smallest absolute Gasteiger partial charge is 0.296 e. The van der Waals surface area contributed by atoms with Gasteiger partial charge in [-0.1, -0.05) is 6.58 Å². The van der Waals surface area contributed by atoms with Gasteiger partial charge in [0.2, 0.25) is 5.91 Å². The standard InChI is InChI=1S/C13H13N3O5S/c1-3-12(17)14-10-5-4-9(7-11(10)22(19,20)21)16-13(18)6-8(2)15-16/h3-5,7H,1,6H2,2H3,(H,14,17)(H,19,20,21). The molecular weight excluding hydrogens is 310 g/mol. The number of nitrogens with one attached hydrogen (secondary N) is 1. The highest BCUT2D eigenvalue weighted by atomic mass is 32.2. The number of amides is 2. The van der Waals surface area contributed by atoms with Crippen LogP contribution in [0.4, 0.5) is 11.4 Å². The van der Waals surface area contributed by atoms with E-state index < -0.39 is 20.9 Å². The van der Waals surface area contributed by atoms with E-state index in [1.54, 1.807) is 6.92 Å². The van der Waals surface area contributed by atoms with E-state index in [9.17, 15) is 22.6 Å². The third-order valence-corrected chi connectivity index (χ3v) is 3.74. The fraction of sp³-hybridized carbons (Fsp3) is 0.154. The molecule has 0 radical (unpaired) electrons. The number of carbonyl (C=O) groups is 2. The second-order valence-corrected chi connectivity index (χ2v) is 5.96. The Labute approximate surface area is 126 Å². The Balaban J connectivity index is 2.51. The largest absolute Gasteiger partial charge is 0.321 e. The molecule has 1 aliphatic rings. The van der Waals surface area contributed by atoms with Crippen molar-refractivity contribution in [2.45, 2.75) is 18.2 Å². The van der Waals surface area contributed by atoms with E-state index in [1.165, 1.54) is 12.1 Å². The molecule has 1 aromatic carbocycles. The van der Waals surface area contributed by atoms with Gasteiger partial charge in [0, 0.05) is 5.71 Å². The molecule has 2 rings (SSSR count). The van der Waals surface area contributed by atoms with Crippen LogP contribution in [0.1, 0.15) is 13.3 Å². The van der Waals surface area contributed by atoms with Crippen LogP contribution in [0.25, 0.3) is 0 Å². The maximum absolute atomic E-state index is 11.8. The molecule has 1 heterocycles. The van der Waals surface area contributed by atoms with Crippen LogP contribution in [-0.4, -0.2) is 30.5 Å². The molecule has 0 aliphatic carbocycles. The summed E-state index contributed by atoms with van der Waals surface area (Å²) >= 11 is 0. The number of nitrogens with zero attached hydrogens (tertiary/aromatic N) is 2. The molecule has 2 amide bonds. The number of benzene rings is 1. The van der Waals surface area contributed by atoms with Gasteiger partial charge in [-0.05, 0) is 31.2 Å². The highest BCUT2D eigenvalue weighted by molar-refractivity contribution is 7.86. The summed E-state index contributed by atoms with van der Waals surface area (Å²) in [6, 6.07) is 3.73. The Morgan fingerprint density at radius 1 is 1.50 bits per heavy atom. The average molecular weight is 323 g/mol. The third kappa shape index (κ3) is 3.21. The molecule has 116 valence electrons. The molecule has 8 nitrogen and oxygen atoms in total. The van der Waals surface area contributed by atoms with E-state index in [4.69, 9.17) is 0 Å². The third-order valence-electron chi connectivity index (χ3n) is 2.84. The average Bonchev–Trinajstić information content (AvgIpc) is 2.76. The zero-order valence-electron chi connectivity index (χ0n) is 11.6. The van der Waals surface area contributed by atoms with Crippen molar-refractivity contribution in [3.63, 3.8) is 0 Å². The fourth-order valence-corrected chi connectivity index (χ4v) is 2.57. The maximum Gasteiger partial charge on any atom is 0.296 e. The maximum atomic E-state index is 11.8. The molecule has 22 heavy (non-hydrogen) atoms. The van der Waals surface area contributed by atoms with Gasteiger partial charge in [-0.3, -0.25) is 14.1 Å². The van der Waals surface area contributed by atoms with Gasteiger partial charge >= 0.3 is 0 Å². The molecule has 0 unspecified atom stereocenters. The van der Waals surface area contributed by atoms with Crippen LogP contribution in [0.5, 0.6) is 0 Å². The van der Waals surface area contributed by atoms with Crippen LogP contribution in [0, 0.1) is 0 Å². The zero-order valence-corrected chi connectivity index (χ0v) is 12.4. The minimum Gasteiger partial charge on any atom is -0.321 e. The second kappa shape index (κ2) is 5.70. The lowest BCUT2D eigenvalue weighted by Gasteiger charge is -2.15. The van der Waals surface area contributed by atoms with Crippen LogP contribution in [0.15, 0.2) is 40.9 Å². The first-order valence-corrected chi connectivity index (χ1v) is 7.58. The summed E-state index contributed by atoms with van der Waals surface area (Å²) < 4.78 is 32.2. The Morgan fingerprint density at radius 3 is 2.68 bits per heavy atom. The second-order valence-electron chi connectivity index (χ2n) is 4.57. The van der Waals surface area contributed by atoms with Crippen LogP contribution in [0.2, 0.25) is 0 Å². The number of carbonyl (C=O) groups excluding carboxylic acids is 2. The van der Waals surface area contributed by atoms with E-state index in [0.717, 1.165) is 17.2 Å². The van der Waals surface area contributed by atoms with Crippen molar-refractivity contribution in [3.05, 3.63) is 30.9 Å². The van der Waals surface area contributed by atoms with E-state index in [-0.39, 0.29) is 23.7 Å². The zero-order chi connectivity index (χ0) is 16.5. The molecule has 9 heteroatoms. The Morgan fingerprint density at radius 2 is 2.18 bits per heavy atom. The van der Waals surface area contributed by atoms with Crippen molar-refractivity contribution in [2.24, 2.45) is 5.10 Å².